The fraction of sp³-hybridized carbons (Fsp3) is 0.136. The number of hydrogen-bond acceptors (Lipinski definition) is 5. The third-order valence-electron chi connectivity index (χ3n) is 4.21. The second-order valence-corrected chi connectivity index (χ2v) is 6.01. The number of rotatable bonds is 6. The average Bonchev–Trinajstić information content (AvgIpc) is 2.75. The third kappa shape index (κ3) is 4.35. The van der Waals surface area contributed by atoms with Gasteiger partial charge in [0.05, 0.1) is 12.7 Å². The number of amides is 1. The Morgan fingerprint density at radius 2 is 1.71 bits per heavy atom. The van der Waals surface area contributed by atoms with E-state index in [0.717, 1.165) is 11.4 Å². The van der Waals surface area contributed by atoms with Gasteiger partial charge in [0.25, 0.3) is 5.91 Å². The Balaban J connectivity index is 1.78. The Morgan fingerprint density at radius 1 is 1.00 bits per heavy atom. The molecule has 3 rings (SSSR count). The van der Waals surface area contributed by atoms with E-state index in [-0.39, 0.29) is 5.91 Å². The zero-order valence-corrected chi connectivity index (χ0v) is 15.8. The highest BCUT2D eigenvalue weighted by atomic mass is 16.5. The highest BCUT2D eigenvalue weighted by Crippen LogP contribution is 2.20. The van der Waals surface area contributed by atoms with Crippen LogP contribution in [0.2, 0.25) is 0 Å². The molecule has 0 atom stereocenters. The summed E-state index contributed by atoms with van der Waals surface area (Å²) in [6.45, 7) is 2.50. The number of nitrogens with one attached hydrogen (secondary N) is 1. The van der Waals surface area contributed by atoms with Crippen molar-refractivity contribution in [3.05, 3.63) is 84.1 Å². The maximum absolute atomic E-state index is 13.0. The highest BCUT2D eigenvalue weighted by Gasteiger charge is 2.16. The van der Waals surface area contributed by atoms with Gasteiger partial charge in [-0.1, -0.05) is 18.2 Å². The van der Waals surface area contributed by atoms with Crippen molar-refractivity contribution in [1.29, 1.82) is 0 Å². The van der Waals surface area contributed by atoms with E-state index in [1.165, 1.54) is 7.11 Å². The molecule has 0 fully saturated rings. The van der Waals surface area contributed by atoms with Crippen molar-refractivity contribution in [2.45, 2.75) is 6.92 Å². The molecule has 142 valence electrons. The number of carbonyl (C=O) groups is 2. The van der Waals surface area contributed by atoms with Crippen LogP contribution in [-0.2, 0) is 4.74 Å². The molecule has 0 bridgehead atoms. The van der Waals surface area contributed by atoms with E-state index in [1.807, 2.05) is 37.3 Å². The van der Waals surface area contributed by atoms with Crippen LogP contribution >= 0.6 is 0 Å². The fourth-order valence-electron chi connectivity index (χ4n) is 2.79. The number of pyridine rings is 1. The summed E-state index contributed by atoms with van der Waals surface area (Å²) in [6, 6.07) is 19.8. The van der Waals surface area contributed by atoms with E-state index >= 15 is 0 Å². The number of hydrogen-bond donors (Lipinski definition) is 1. The summed E-state index contributed by atoms with van der Waals surface area (Å²) in [5.74, 6) is 0.0545. The van der Waals surface area contributed by atoms with Crippen molar-refractivity contribution in [2.75, 3.05) is 23.9 Å². The molecule has 6 nitrogen and oxygen atoms in total. The predicted octanol–water partition coefficient (Wildman–Crippen LogP) is 4.28. The molecule has 28 heavy (non-hydrogen) atoms. The maximum atomic E-state index is 13.0. The van der Waals surface area contributed by atoms with Gasteiger partial charge in [-0.15, -0.1) is 0 Å². The van der Waals surface area contributed by atoms with Crippen molar-refractivity contribution >= 4 is 29.1 Å². The molecular formula is C22H21N3O3. The minimum absolute atomic E-state index is 0.0970. The first-order chi connectivity index (χ1) is 13.6. The van der Waals surface area contributed by atoms with Gasteiger partial charge in [0.1, 0.15) is 5.82 Å². The summed E-state index contributed by atoms with van der Waals surface area (Å²) >= 11 is 0. The van der Waals surface area contributed by atoms with Crippen LogP contribution in [0.25, 0.3) is 0 Å². The summed E-state index contributed by atoms with van der Waals surface area (Å²) < 4.78 is 4.69. The van der Waals surface area contributed by atoms with Gasteiger partial charge in [-0.05, 0) is 55.5 Å². The third-order valence-corrected chi connectivity index (χ3v) is 4.21. The lowest BCUT2D eigenvalue weighted by atomic mass is 10.2. The molecule has 1 N–H and O–H groups in total. The summed E-state index contributed by atoms with van der Waals surface area (Å²) in [4.78, 5) is 30.5. The smallest absolute Gasteiger partial charge is 0.337 e. The van der Waals surface area contributed by atoms with Crippen molar-refractivity contribution in [3.8, 4) is 0 Å². The first-order valence-corrected chi connectivity index (χ1v) is 8.90. The monoisotopic (exact) mass is 375 g/mol. The van der Waals surface area contributed by atoms with Gasteiger partial charge >= 0.3 is 5.97 Å². The molecule has 0 aliphatic carbocycles. The number of anilines is 3. The average molecular weight is 375 g/mol. The van der Waals surface area contributed by atoms with Gasteiger partial charge in [-0.2, -0.15) is 0 Å². The molecule has 0 aliphatic rings. The van der Waals surface area contributed by atoms with Crippen molar-refractivity contribution in [2.24, 2.45) is 0 Å². The largest absolute Gasteiger partial charge is 0.465 e. The number of esters is 1. The molecule has 0 unspecified atom stereocenters. The molecule has 0 saturated heterocycles. The highest BCUT2D eigenvalue weighted by molar-refractivity contribution is 6.06. The van der Waals surface area contributed by atoms with Gasteiger partial charge in [0, 0.05) is 29.7 Å². The summed E-state index contributed by atoms with van der Waals surface area (Å²) in [5.41, 5.74) is 2.60. The van der Waals surface area contributed by atoms with Gasteiger partial charge in [-0.25, -0.2) is 9.78 Å². The summed E-state index contributed by atoms with van der Waals surface area (Å²) in [7, 11) is 1.34. The molecule has 2 aromatic carbocycles. The summed E-state index contributed by atoms with van der Waals surface area (Å²) in [5, 5.41) is 3.15. The molecular weight excluding hydrogens is 354 g/mol. The maximum Gasteiger partial charge on any atom is 0.337 e. The Labute approximate surface area is 163 Å². The normalized spacial score (nSPS) is 10.2. The molecule has 1 amide bonds. The molecule has 3 aromatic rings. The Morgan fingerprint density at radius 3 is 2.36 bits per heavy atom. The van der Waals surface area contributed by atoms with Crippen LogP contribution in [-0.4, -0.2) is 30.5 Å². The number of carbonyl (C=O) groups excluding carboxylic acids is 2. The quantitative estimate of drug-likeness (QED) is 0.651. The molecule has 0 radical (unpaired) electrons. The Hall–Kier alpha value is -3.67. The fourth-order valence-corrected chi connectivity index (χ4v) is 2.79. The zero-order chi connectivity index (χ0) is 19.9. The molecule has 6 heteroatoms. The minimum Gasteiger partial charge on any atom is -0.465 e. The summed E-state index contributed by atoms with van der Waals surface area (Å²) in [6.07, 6.45) is 1.59. The van der Waals surface area contributed by atoms with Crippen molar-refractivity contribution in [1.82, 2.24) is 4.98 Å². The standard InChI is InChI=1S/C22H21N3O3/c1-3-25(19-7-5-4-6-8-19)21(26)17-13-14-23-20(15-17)24-18-11-9-16(10-12-18)22(27)28-2/h4-15H,3H2,1-2H3,(H,23,24). The molecule has 1 heterocycles. The minimum atomic E-state index is -0.391. The Bertz CT molecular complexity index is 956. The lowest BCUT2D eigenvalue weighted by molar-refractivity contribution is 0.0600. The molecule has 1 aromatic heterocycles. The molecule has 0 aliphatic heterocycles. The van der Waals surface area contributed by atoms with Crippen LogP contribution in [0.3, 0.4) is 0 Å². The van der Waals surface area contributed by atoms with Crippen molar-refractivity contribution in [3.63, 3.8) is 0 Å². The zero-order valence-electron chi connectivity index (χ0n) is 15.8. The van der Waals surface area contributed by atoms with E-state index in [1.54, 1.807) is 47.5 Å². The first-order valence-electron chi connectivity index (χ1n) is 8.90. The van der Waals surface area contributed by atoms with Gasteiger partial charge in [0.15, 0.2) is 0 Å². The van der Waals surface area contributed by atoms with E-state index in [0.29, 0.717) is 23.5 Å². The van der Waals surface area contributed by atoms with Crippen LogP contribution in [0.15, 0.2) is 72.9 Å². The number of benzene rings is 2. The molecule has 0 saturated carbocycles. The lowest BCUT2D eigenvalue weighted by Crippen LogP contribution is -2.30. The first kappa shape index (κ1) is 19.1. The van der Waals surface area contributed by atoms with Crippen LogP contribution in [0.4, 0.5) is 17.2 Å². The van der Waals surface area contributed by atoms with Crippen LogP contribution in [0.5, 0.6) is 0 Å². The predicted molar refractivity (Wildman–Crippen MR) is 109 cm³/mol. The van der Waals surface area contributed by atoms with Gasteiger partial charge in [0.2, 0.25) is 0 Å². The lowest BCUT2D eigenvalue weighted by Gasteiger charge is -2.21. The van der Waals surface area contributed by atoms with E-state index < -0.39 is 5.97 Å². The number of ether oxygens (including phenoxy) is 1. The van der Waals surface area contributed by atoms with E-state index in [9.17, 15) is 9.59 Å². The van der Waals surface area contributed by atoms with E-state index in [4.69, 9.17) is 4.74 Å². The second-order valence-electron chi connectivity index (χ2n) is 6.01. The van der Waals surface area contributed by atoms with Gasteiger partial charge < -0.3 is 15.0 Å². The number of para-hydroxylation sites is 1. The van der Waals surface area contributed by atoms with Gasteiger partial charge in [-0.3, -0.25) is 4.79 Å². The SMILES string of the molecule is CCN(C(=O)c1ccnc(Nc2ccc(C(=O)OC)cc2)c1)c1ccccc1. The molecule has 0 spiro atoms. The topological polar surface area (TPSA) is 71.5 Å². The van der Waals surface area contributed by atoms with Crippen LogP contribution in [0.1, 0.15) is 27.6 Å². The number of aromatic nitrogens is 1. The Kier molecular flexibility index (Phi) is 6.01. The van der Waals surface area contributed by atoms with Crippen molar-refractivity contribution < 1.29 is 14.3 Å². The van der Waals surface area contributed by atoms with E-state index in [2.05, 4.69) is 10.3 Å². The number of nitrogens with zero attached hydrogens (tertiary/aromatic N) is 2. The van der Waals surface area contributed by atoms with Crippen LogP contribution in [0, 0.1) is 0 Å². The second kappa shape index (κ2) is 8.81. The van der Waals surface area contributed by atoms with Crippen LogP contribution < -0.4 is 10.2 Å². The number of methoxy groups -OCH3 is 1.